The van der Waals surface area contributed by atoms with E-state index in [-0.39, 0.29) is 12.5 Å². The lowest BCUT2D eigenvalue weighted by atomic mass is 9.99. The van der Waals surface area contributed by atoms with E-state index in [4.69, 9.17) is 9.47 Å². The first-order chi connectivity index (χ1) is 37.8. The number of aliphatic hydroxyl groups excluding tert-OH is 5. The van der Waals surface area contributed by atoms with Crippen molar-refractivity contribution in [2.24, 2.45) is 0 Å². The summed E-state index contributed by atoms with van der Waals surface area (Å²) < 4.78 is 11.2. The van der Waals surface area contributed by atoms with E-state index in [1.165, 1.54) is 186 Å². The molecule has 77 heavy (non-hydrogen) atoms. The highest BCUT2D eigenvalue weighted by molar-refractivity contribution is 5.76. The van der Waals surface area contributed by atoms with Gasteiger partial charge in [-0.3, -0.25) is 4.79 Å². The Hall–Kier alpha value is -2.63. The molecule has 1 rings (SSSR count). The average molecular weight is 1080 g/mol. The van der Waals surface area contributed by atoms with E-state index >= 15 is 0 Å². The molecule has 446 valence electrons. The van der Waals surface area contributed by atoms with Gasteiger partial charge in [0.1, 0.15) is 24.4 Å². The second-order valence-corrected chi connectivity index (χ2v) is 22.2. The molecular weight excluding hydrogens is 959 g/mol. The van der Waals surface area contributed by atoms with Gasteiger partial charge in [-0.05, 0) is 83.5 Å². The molecule has 6 N–H and O–H groups in total. The number of allylic oxidation sites excluding steroid dienone is 13. The summed E-state index contributed by atoms with van der Waals surface area (Å²) in [7, 11) is 0. The fourth-order valence-electron chi connectivity index (χ4n) is 9.89. The monoisotopic (exact) mass is 1080 g/mol. The van der Waals surface area contributed by atoms with Crippen molar-refractivity contribution in [1.82, 2.24) is 5.32 Å². The topological polar surface area (TPSA) is 149 Å². The number of carbonyl (C=O) groups is 1. The van der Waals surface area contributed by atoms with Crippen LogP contribution >= 0.6 is 0 Å². The first-order valence-electron chi connectivity index (χ1n) is 32.3. The van der Waals surface area contributed by atoms with E-state index in [2.05, 4.69) is 92.1 Å². The lowest BCUT2D eigenvalue weighted by molar-refractivity contribution is -0.302. The third-order valence-corrected chi connectivity index (χ3v) is 14.9. The van der Waals surface area contributed by atoms with Crippen LogP contribution < -0.4 is 5.32 Å². The maximum absolute atomic E-state index is 13.0. The number of carbonyl (C=O) groups excluding carboxylic acids is 1. The molecule has 0 aliphatic carbocycles. The highest BCUT2D eigenvalue weighted by Crippen LogP contribution is 2.23. The van der Waals surface area contributed by atoms with Crippen LogP contribution in [0, 0.1) is 0 Å². The minimum Gasteiger partial charge on any atom is -0.394 e. The molecule has 0 saturated carbocycles. The van der Waals surface area contributed by atoms with Crippen molar-refractivity contribution >= 4 is 5.91 Å². The van der Waals surface area contributed by atoms with Crippen LogP contribution in [0.1, 0.15) is 284 Å². The Morgan fingerprint density at radius 3 is 1.25 bits per heavy atom. The van der Waals surface area contributed by atoms with Gasteiger partial charge in [-0.1, -0.05) is 279 Å². The van der Waals surface area contributed by atoms with Gasteiger partial charge >= 0.3 is 0 Å². The van der Waals surface area contributed by atoms with E-state index in [1.807, 2.05) is 6.08 Å². The lowest BCUT2D eigenvalue weighted by Gasteiger charge is -2.40. The molecular formula is C68H121NO8. The number of aliphatic hydroxyl groups is 5. The first-order valence-corrected chi connectivity index (χ1v) is 32.3. The lowest BCUT2D eigenvalue weighted by Crippen LogP contribution is -2.60. The van der Waals surface area contributed by atoms with Crippen molar-refractivity contribution in [1.29, 1.82) is 0 Å². The van der Waals surface area contributed by atoms with Crippen molar-refractivity contribution in [3.63, 3.8) is 0 Å². The quantitative estimate of drug-likeness (QED) is 0.0261. The molecule has 0 radical (unpaired) electrons. The van der Waals surface area contributed by atoms with E-state index in [0.717, 1.165) is 77.0 Å². The standard InChI is InChI=1S/C68H121NO8/c1-3-5-7-9-11-13-15-17-18-19-20-21-22-23-24-25-26-27-28-29-30-31-32-33-34-35-36-37-38-39-40-41-42-43-44-46-48-50-52-54-56-58-64(72)69-61(60-76-68-67(75)66(74)65(73)63(59-70)77-68)62(71)57-55-53-51-49-47-45-16-14-12-10-8-6-4-2/h5,7,11-14,17-18,20-21,47,49,55,57,61-63,65-68,70-71,73-75H,3-4,6,8-10,15-16,19,22-46,48,50-54,56,58-60H2,1-2H3,(H,69,72)/b7-5-,13-11-,14-12+,18-17-,21-20-,49-47+,57-55+. The van der Waals surface area contributed by atoms with Gasteiger partial charge in [0.15, 0.2) is 6.29 Å². The van der Waals surface area contributed by atoms with Crippen LogP contribution in [-0.4, -0.2) is 87.5 Å². The molecule has 1 aliphatic rings. The zero-order valence-electron chi connectivity index (χ0n) is 49.7. The number of hydrogen-bond acceptors (Lipinski definition) is 8. The van der Waals surface area contributed by atoms with Crippen LogP contribution in [0.2, 0.25) is 0 Å². The smallest absolute Gasteiger partial charge is 0.220 e. The van der Waals surface area contributed by atoms with Gasteiger partial charge < -0.3 is 40.3 Å². The molecule has 7 unspecified atom stereocenters. The Morgan fingerprint density at radius 2 is 0.818 bits per heavy atom. The molecule has 0 aromatic heterocycles. The van der Waals surface area contributed by atoms with Gasteiger partial charge in [0.2, 0.25) is 5.91 Å². The summed E-state index contributed by atoms with van der Waals surface area (Å²) in [5.41, 5.74) is 0. The summed E-state index contributed by atoms with van der Waals surface area (Å²) in [6.07, 6.45) is 74.2. The van der Waals surface area contributed by atoms with Gasteiger partial charge in [0, 0.05) is 6.42 Å². The van der Waals surface area contributed by atoms with Crippen LogP contribution in [0.15, 0.2) is 85.1 Å². The molecule has 9 nitrogen and oxygen atoms in total. The van der Waals surface area contributed by atoms with Crippen molar-refractivity contribution in [3.05, 3.63) is 85.1 Å². The molecule has 9 heteroatoms. The summed E-state index contributed by atoms with van der Waals surface area (Å²) in [5, 5.41) is 54.4. The number of rotatable bonds is 55. The largest absolute Gasteiger partial charge is 0.394 e. The van der Waals surface area contributed by atoms with Gasteiger partial charge in [-0.2, -0.15) is 0 Å². The van der Waals surface area contributed by atoms with E-state index < -0.39 is 49.5 Å². The highest BCUT2D eigenvalue weighted by Gasteiger charge is 2.44. The molecule has 1 amide bonds. The Morgan fingerprint density at radius 1 is 0.455 bits per heavy atom. The fourth-order valence-corrected chi connectivity index (χ4v) is 9.89. The number of amides is 1. The van der Waals surface area contributed by atoms with Crippen LogP contribution in [-0.2, 0) is 14.3 Å². The minimum atomic E-state index is -1.58. The number of unbranched alkanes of at least 4 members (excludes halogenated alkanes) is 33. The van der Waals surface area contributed by atoms with Gasteiger partial charge in [-0.25, -0.2) is 0 Å². The van der Waals surface area contributed by atoms with Crippen molar-refractivity contribution in [2.45, 2.75) is 326 Å². The second-order valence-electron chi connectivity index (χ2n) is 22.2. The summed E-state index contributed by atoms with van der Waals surface area (Å²) in [4.78, 5) is 13.0. The highest BCUT2D eigenvalue weighted by atomic mass is 16.7. The van der Waals surface area contributed by atoms with Gasteiger partial charge in [-0.15, -0.1) is 0 Å². The fraction of sp³-hybridized carbons (Fsp3) is 0.779. The molecule has 0 bridgehead atoms. The zero-order chi connectivity index (χ0) is 55.8. The van der Waals surface area contributed by atoms with Crippen LogP contribution in [0.3, 0.4) is 0 Å². The van der Waals surface area contributed by atoms with Gasteiger partial charge in [0.05, 0.1) is 25.4 Å². The normalized spacial score (nSPS) is 19.3. The van der Waals surface area contributed by atoms with Crippen LogP contribution in [0.5, 0.6) is 0 Å². The molecule has 0 aromatic rings. The molecule has 7 atom stereocenters. The maximum Gasteiger partial charge on any atom is 0.220 e. The van der Waals surface area contributed by atoms with Crippen LogP contribution in [0.4, 0.5) is 0 Å². The molecule has 1 saturated heterocycles. The number of hydrogen-bond donors (Lipinski definition) is 6. The third kappa shape index (κ3) is 45.8. The Labute approximate surface area is 473 Å². The van der Waals surface area contributed by atoms with Crippen molar-refractivity contribution in [3.8, 4) is 0 Å². The SMILES string of the molecule is CC/C=C\C/C=C\C/C=C\C/C=C\CCCCCCCCCCCCCCCCCCCCCCCCCCCCCCC(=O)NC(COC1OC(CO)C(O)C(O)C1O)C(O)/C=C/CC/C=C/CC/C=C/CCCCC. The second kappa shape index (κ2) is 56.6. The van der Waals surface area contributed by atoms with Gasteiger partial charge in [0.25, 0.3) is 0 Å². The average Bonchev–Trinajstić information content (AvgIpc) is 3.43. The maximum atomic E-state index is 13.0. The molecule has 0 spiro atoms. The third-order valence-electron chi connectivity index (χ3n) is 14.9. The Kier molecular flexibility index (Phi) is 53.2. The molecule has 1 aliphatic heterocycles. The summed E-state index contributed by atoms with van der Waals surface area (Å²) in [6, 6.07) is -0.828. The molecule has 1 fully saturated rings. The predicted octanol–water partition coefficient (Wildman–Crippen LogP) is 17.0. The van der Waals surface area contributed by atoms with Crippen molar-refractivity contribution < 1.29 is 39.8 Å². The predicted molar refractivity (Wildman–Crippen MR) is 327 cm³/mol. The minimum absolute atomic E-state index is 0.189. The number of ether oxygens (including phenoxy) is 2. The number of nitrogens with one attached hydrogen (secondary N) is 1. The van der Waals surface area contributed by atoms with Crippen molar-refractivity contribution in [2.75, 3.05) is 13.2 Å². The first kappa shape index (κ1) is 72.4. The summed E-state index contributed by atoms with van der Waals surface area (Å²) in [6.45, 7) is 3.62. The van der Waals surface area contributed by atoms with E-state index in [1.54, 1.807) is 6.08 Å². The molecule has 1 heterocycles. The summed E-state index contributed by atoms with van der Waals surface area (Å²) in [5.74, 6) is -0.189. The molecule has 0 aromatic carbocycles. The zero-order valence-corrected chi connectivity index (χ0v) is 49.7. The Balaban J connectivity index is 2.02. The van der Waals surface area contributed by atoms with E-state index in [9.17, 15) is 30.3 Å². The van der Waals surface area contributed by atoms with Crippen LogP contribution in [0.25, 0.3) is 0 Å². The Bertz CT molecular complexity index is 1490. The van der Waals surface area contributed by atoms with E-state index in [0.29, 0.717) is 6.42 Å². The summed E-state index contributed by atoms with van der Waals surface area (Å²) >= 11 is 0.